The zero-order valence-electron chi connectivity index (χ0n) is 33.9. The van der Waals surface area contributed by atoms with E-state index in [2.05, 4.69) is 77.0 Å². The molecule has 3 aromatic heterocycles. The highest BCUT2D eigenvalue weighted by molar-refractivity contribution is 6.05. The molecule has 0 spiro atoms. The van der Waals surface area contributed by atoms with Crippen molar-refractivity contribution in [1.82, 2.24) is 30.0 Å². The maximum Gasteiger partial charge on any atom is 0.328 e. The van der Waals surface area contributed by atoms with Crippen molar-refractivity contribution < 1.29 is 14.4 Å². The van der Waals surface area contributed by atoms with Gasteiger partial charge < -0.3 is 20.4 Å². The van der Waals surface area contributed by atoms with Crippen LogP contribution in [0, 0.1) is 31.1 Å². The number of carbonyl (C=O) groups excluding carboxylic acids is 3. The lowest BCUT2D eigenvalue weighted by atomic mass is 9.95. The molecule has 0 atom stereocenters. The van der Waals surface area contributed by atoms with Gasteiger partial charge in [-0.25, -0.2) is 14.5 Å². The zero-order valence-corrected chi connectivity index (χ0v) is 33.9. The molecule has 15 nitrogen and oxygen atoms in total. The van der Waals surface area contributed by atoms with Crippen LogP contribution in [0.1, 0.15) is 52.1 Å². The number of urea groups is 1. The van der Waals surface area contributed by atoms with Crippen molar-refractivity contribution in [3.05, 3.63) is 101 Å². The molecule has 0 aliphatic carbocycles. The smallest absolute Gasteiger partial charge is 0.328 e. The van der Waals surface area contributed by atoms with Crippen molar-refractivity contribution in [2.75, 3.05) is 77.7 Å². The summed E-state index contributed by atoms with van der Waals surface area (Å²) in [4.78, 5) is 54.8. The number of imide groups is 1. The molecule has 3 saturated heterocycles. The Hall–Kier alpha value is -6.79. The predicted molar refractivity (Wildman–Crippen MR) is 231 cm³/mol. The zero-order chi connectivity index (χ0) is 41.3. The molecular weight excluding hydrogens is 757 g/mol. The number of piperidine rings is 1. The van der Waals surface area contributed by atoms with Gasteiger partial charge in [-0.3, -0.25) is 29.7 Å². The second-order valence-corrected chi connectivity index (χ2v) is 16.1. The summed E-state index contributed by atoms with van der Waals surface area (Å²) < 4.78 is 1.87. The molecule has 7 heterocycles. The van der Waals surface area contributed by atoms with Crippen LogP contribution in [0.2, 0.25) is 0 Å². The van der Waals surface area contributed by atoms with Crippen LogP contribution in [0.3, 0.4) is 0 Å². The van der Waals surface area contributed by atoms with Gasteiger partial charge in [-0.15, -0.1) is 0 Å². The number of fused-ring (bicyclic) bond motifs is 2. The molecule has 15 heteroatoms. The Balaban J connectivity index is 0.779. The second kappa shape index (κ2) is 16.5. The van der Waals surface area contributed by atoms with Crippen LogP contribution in [0.4, 0.5) is 39.2 Å². The first kappa shape index (κ1) is 38.7. The third kappa shape index (κ3) is 7.98. The van der Waals surface area contributed by atoms with Crippen molar-refractivity contribution in [2.45, 2.75) is 46.1 Å². The first-order valence-electron chi connectivity index (χ1n) is 20.8. The largest absolute Gasteiger partial charge is 0.372 e. The summed E-state index contributed by atoms with van der Waals surface area (Å²) in [5.41, 5.74) is 8.77. The number of piperazine rings is 1. The number of benzene rings is 2. The van der Waals surface area contributed by atoms with Gasteiger partial charge >= 0.3 is 6.03 Å². The molecule has 0 unspecified atom stereocenters. The van der Waals surface area contributed by atoms with Gasteiger partial charge in [0.05, 0.1) is 0 Å². The lowest BCUT2D eigenvalue weighted by Crippen LogP contribution is -2.49. The molecule has 306 valence electrons. The van der Waals surface area contributed by atoms with E-state index in [1.807, 2.05) is 48.9 Å². The molecule has 4 aliphatic rings. The van der Waals surface area contributed by atoms with Gasteiger partial charge in [-0.1, -0.05) is 6.07 Å². The number of hydrogen-bond donors (Lipinski definition) is 3. The number of nitrogens with zero attached hydrogens (tertiary/aromatic N) is 9. The fraction of sp³-hybridized carbons (Fsp3) is 0.356. The van der Waals surface area contributed by atoms with Crippen LogP contribution >= 0.6 is 0 Å². The number of aromatic nitrogens is 4. The Labute approximate surface area is 349 Å². The number of hydrogen-bond acceptors (Lipinski definition) is 11. The average molecular weight is 805 g/mol. The fourth-order valence-corrected chi connectivity index (χ4v) is 8.83. The van der Waals surface area contributed by atoms with Crippen LogP contribution in [-0.2, 0) is 17.8 Å². The summed E-state index contributed by atoms with van der Waals surface area (Å²) in [6.07, 6.45) is 4.99. The van der Waals surface area contributed by atoms with E-state index in [0.29, 0.717) is 59.4 Å². The van der Waals surface area contributed by atoms with Crippen molar-refractivity contribution in [3.63, 3.8) is 0 Å². The minimum Gasteiger partial charge on any atom is -0.372 e. The summed E-state index contributed by atoms with van der Waals surface area (Å²) in [5, 5.41) is 24.0. The van der Waals surface area contributed by atoms with Crippen LogP contribution in [0.25, 0.3) is 11.3 Å². The van der Waals surface area contributed by atoms with E-state index in [1.54, 1.807) is 17.2 Å². The summed E-state index contributed by atoms with van der Waals surface area (Å²) in [6.45, 7) is 11.9. The van der Waals surface area contributed by atoms with E-state index in [-0.39, 0.29) is 23.5 Å². The number of anilines is 6. The minimum absolute atomic E-state index is 0.222. The predicted octanol–water partition coefficient (Wildman–Crippen LogP) is 5.87. The number of nitrogens with one attached hydrogen (secondary N) is 3. The lowest BCUT2D eigenvalue weighted by molar-refractivity contribution is -0.120. The molecule has 0 bridgehead atoms. The molecule has 2 aromatic carbocycles. The second-order valence-electron chi connectivity index (χ2n) is 16.1. The number of nitriles is 1. The standard InChI is InChI=1S/C45H48N12O3/c1-29-24-33(27-47-41(29)44(59)50-39-5-3-4-30(2)48-39)42-37(26-46)43-49-38-11-10-36(25-32(38)14-19-57(43)52-42)55-22-20-53(21-23-55)28-31-12-16-54(17-13-31)34-6-8-35(9-7-34)56-18-15-40(58)51-45(56)60/h3-11,24-25,27,31,49H,12-23,28H2,1-2H3,(H,48,50,59)(H,51,58,60). The Morgan fingerprint density at radius 1 is 0.850 bits per heavy atom. The fourth-order valence-electron chi connectivity index (χ4n) is 8.83. The molecule has 4 amide bonds. The maximum absolute atomic E-state index is 13.0. The Kier molecular flexibility index (Phi) is 10.6. The van der Waals surface area contributed by atoms with Gasteiger partial charge in [0.15, 0.2) is 0 Å². The molecule has 0 radical (unpaired) electrons. The van der Waals surface area contributed by atoms with Gasteiger partial charge in [0.25, 0.3) is 5.91 Å². The third-order valence-corrected chi connectivity index (χ3v) is 12.1. The maximum atomic E-state index is 13.0. The summed E-state index contributed by atoms with van der Waals surface area (Å²) in [5.74, 6) is 1.22. The highest BCUT2D eigenvalue weighted by Gasteiger charge is 2.28. The van der Waals surface area contributed by atoms with Crippen molar-refractivity contribution in [3.8, 4) is 17.3 Å². The third-order valence-electron chi connectivity index (χ3n) is 12.1. The van der Waals surface area contributed by atoms with Gasteiger partial charge in [0, 0.05) is 106 Å². The summed E-state index contributed by atoms with van der Waals surface area (Å²) in [7, 11) is 0. The van der Waals surface area contributed by atoms with Gasteiger partial charge in [0.1, 0.15) is 34.7 Å². The molecule has 3 N–H and O–H groups in total. The molecular formula is C45H48N12O3. The van der Waals surface area contributed by atoms with Gasteiger partial charge in [-0.05, 0) is 111 Å². The summed E-state index contributed by atoms with van der Waals surface area (Å²) in [6, 6.07) is 24.0. The van der Waals surface area contributed by atoms with E-state index in [0.717, 1.165) is 82.1 Å². The van der Waals surface area contributed by atoms with E-state index >= 15 is 0 Å². The molecule has 5 aromatic rings. The molecule has 4 aliphatic heterocycles. The van der Waals surface area contributed by atoms with E-state index in [9.17, 15) is 19.6 Å². The SMILES string of the molecule is Cc1cccc(NC(=O)c2ncc(-c3nn4c(c3C#N)Nc3ccc(N5CCN(CC6CCN(c7ccc(N8CCC(=O)NC8=O)cc7)CC6)CC5)cc3CC4)cc2C)n1. The van der Waals surface area contributed by atoms with Crippen molar-refractivity contribution in [2.24, 2.45) is 5.92 Å². The topological polar surface area (TPSA) is 168 Å². The summed E-state index contributed by atoms with van der Waals surface area (Å²) >= 11 is 0. The van der Waals surface area contributed by atoms with E-state index < -0.39 is 0 Å². The average Bonchev–Trinajstić information content (AvgIpc) is 3.50. The molecule has 9 rings (SSSR count). The van der Waals surface area contributed by atoms with Crippen molar-refractivity contribution in [1.29, 1.82) is 5.26 Å². The number of pyridine rings is 2. The highest BCUT2D eigenvalue weighted by Crippen LogP contribution is 2.36. The molecule has 60 heavy (non-hydrogen) atoms. The van der Waals surface area contributed by atoms with Crippen LogP contribution < -0.4 is 30.7 Å². The van der Waals surface area contributed by atoms with Crippen LogP contribution in [-0.4, -0.2) is 94.9 Å². The molecule has 3 fully saturated rings. The Bertz CT molecular complexity index is 2490. The lowest BCUT2D eigenvalue weighted by Gasteiger charge is -2.40. The molecule has 0 saturated carbocycles. The van der Waals surface area contributed by atoms with E-state index in [4.69, 9.17) is 5.10 Å². The van der Waals surface area contributed by atoms with Crippen LogP contribution in [0.5, 0.6) is 0 Å². The monoisotopic (exact) mass is 804 g/mol. The van der Waals surface area contributed by atoms with Crippen LogP contribution in [0.15, 0.2) is 72.9 Å². The number of rotatable bonds is 8. The Morgan fingerprint density at radius 2 is 1.60 bits per heavy atom. The quantitative estimate of drug-likeness (QED) is 0.172. The minimum atomic E-state index is -0.355. The van der Waals surface area contributed by atoms with Gasteiger partial charge in [0.2, 0.25) is 5.91 Å². The highest BCUT2D eigenvalue weighted by atomic mass is 16.2. The first-order valence-corrected chi connectivity index (χ1v) is 20.8. The van der Waals surface area contributed by atoms with E-state index in [1.165, 1.54) is 16.9 Å². The number of aryl methyl sites for hydroxylation is 4. The Morgan fingerprint density at radius 3 is 2.33 bits per heavy atom. The number of amides is 4. The number of carbonyl (C=O) groups is 3. The normalized spacial score (nSPS) is 17.2. The first-order chi connectivity index (χ1) is 29.2. The van der Waals surface area contributed by atoms with Gasteiger partial charge in [-0.2, -0.15) is 10.4 Å². The van der Waals surface area contributed by atoms with Crippen molar-refractivity contribution >= 4 is 52.2 Å².